The molecule has 1 atom stereocenters. The van der Waals surface area contributed by atoms with Gasteiger partial charge in [0.15, 0.2) is 0 Å². The topological polar surface area (TPSA) is 41.6 Å². The normalized spacial score (nSPS) is 22.3. The number of hydrogen-bond donors (Lipinski definition) is 1. The van der Waals surface area contributed by atoms with E-state index in [9.17, 15) is 4.79 Å². The molecule has 2 rings (SSSR count). The van der Waals surface area contributed by atoms with Crippen LogP contribution in [0.2, 0.25) is 0 Å². The van der Waals surface area contributed by atoms with Gasteiger partial charge in [-0.1, -0.05) is 13.0 Å². The maximum Gasteiger partial charge on any atom is 0.247 e. The molecule has 1 heterocycles. The van der Waals surface area contributed by atoms with Gasteiger partial charge in [-0.05, 0) is 37.9 Å². The molecule has 0 aliphatic carbocycles. The van der Waals surface area contributed by atoms with Crippen LogP contribution < -0.4 is 15.0 Å². The van der Waals surface area contributed by atoms with Gasteiger partial charge in [0.2, 0.25) is 5.91 Å². The quantitative estimate of drug-likeness (QED) is 0.904. The first-order valence-electron chi connectivity index (χ1n) is 6.80. The number of hydrogen-bond acceptors (Lipinski definition) is 3. The third-order valence-electron chi connectivity index (χ3n) is 4.00. The molecular weight excluding hydrogens is 240 g/mol. The highest BCUT2D eigenvalue weighted by Gasteiger charge is 2.41. The maximum absolute atomic E-state index is 12.7. The number of ether oxygens (including phenoxy) is 1. The molecule has 1 aromatic carbocycles. The predicted molar refractivity (Wildman–Crippen MR) is 76.7 cm³/mol. The van der Waals surface area contributed by atoms with Crippen molar-refractivity contribution in [1.82, 2.24) is 5.32 Å². The van der Waals surface area contributed by atoms with Gasteiger partial charge in [0.1, 0.15) is 5.75 Å². The van der Waals surface area contributed by atoms with E-state index in [1.807, 2.05) is 31.3 Å². The molecule has 1 N–H and O–H groups in total. The number of amides is 1. The fourth-order valence-electron chi connectivity index (χ4n) is 2.70. The third-order valence-corrected chi connectivity index (χ3v) is 4.00. The fraction of sp³-hybridized carbons (Fsp3) is 0.533. The van der Waals surface area contributed by atoms with Crippen LogP contribution in [0.1, 0.15) is 26.2 Å². The molecular formula is C15H22N2O2. The number of benzene rings is 1. The first-order valence-corrected chi connectivity index (χ1v) is 6.80. The number of anilines is 1. The van der Waals surface area contributed by atoms with E-state index in [1.54, 1.807) is 12.0 Å². The molecule has 0 radical (unpaired) electrons. The van der Waals surface area contributed by atoms with Crippen LogP contribution in [0.5, 0.6) is 5.75 Å². The number of rotatable bonds is 4. The van der Waals surface area contributed by atoms with Gasteiger partial charge in [0.05, 0.1) is 12.6 Å². The van der Waals surface area contributed by atoms with E-state index in [0.29, 0.717) is 0 Å². The minimum atomic E-state index is -0.391. The van der Waals surface area contributed by atoms with Gasteiger partial charge in [-0.3, -0.25) is 4.79 Å². The Morgan fingerprint density at radius 3 is 2.89 bits per heavy atom. The minimum Gasteiger partial charge on any atom is -0.497 e. The first kappa shape index (κ1) is 13.9. The molecule has 4 nitrogen and oxygen atoms in total. The zero-order chi connectivity index (χ0) is 13.9. The van der Waals surface area contributed by atoms with E-state index in [4.69, 9.17) is 4.74 Å². The van der Waals surface area contributed by atoms with Gasteiger partial charge in [0, 0.05) is 18.8 Å². The van der Waals surface area contributed by atoms with Crippen molar-refractivity contribution >= 4 is 11.6 Å². The van der Waals surface area contributed by atoms with Gasteiger partial charge in [-0.15, -0.1) is 0 Å². The molecule has 0 bridgehead atoms. The number of carbonyl (C=O) groups is 1. The Kier molecular flexibility index (Phi) is 4.10. The molecule has 4 heteroatoms. The zero-order valence-corrected chi connectivity index (χ0v) is 11.9. The van der Waals surface area contributed by atoms with Crippen molar-refractivity contribution in [2.45, 2.75) is 31.7 Å². The Morgan fingerprint density at radius 2 is 2.32 bits per heavy atom. The number of nitrogens with zero attached hydrogens (tertiary/aromatic N) is 1. The van der Waals surface area contributed by atoms with Crippen LogP contribution in [0.25, 0.3) is 0 Å². The Balaban J connectivity index is 2.22. The van der Waals surface area contributed by atoms with E-state index < -0.39 is 5.54 Å². The minimum absolute atomic E-state index is 0.140. The lowest BCUT2D eigenvalue weighted by molar-refractivity contribution is -0.124. The molecule has 1 aliphatic heterocycles. The summed E-state index contributed by atoms with van der Waals surface area (Å²) in [6.07, 6.45) is 2.79. The lowest BCUT2D eigenvalue weighted by atomic mass is 9.92. The van der Waals surface area contributed by atoms with Gasteiger partial charge in [-0.25, -0.2) is 0 Å². The van der Waals surface area contributed by atoms with Gasteiger partial charge in [0.25, 0.3) is 0 Å². The molecule has 1 aliphatic rings. The van der Waals surface area contributed by atoms with Crippen LogP contribution in [0, 0.1) is 0 Å². The van der Waals surface area contributed by atoms with Crippen molar-refractivity contribution in [1.29, 1.82) is 0 Å². The number of likely N-dealkylation sites (N-methyl/N-ethyl adjacent to an activating group) is 1. The van der Waals surface area contributed by atoms with E-state index >= 15 is 0 Å². The summed E-state index contributed by atoms with van der Waals surface area (Å²) in [6.45, 7) is 2.99. The van der Waals surface area contributed by atoms with Crippen LogP contribution in [0.4, 0.5) is 5.69 Å². The van der Waals surface area contributed by atoms with Crippen molar-refractivity contribution < 1.29 is 9.53 Å². The summed E-state index contributed by atoms with van der Waals surface area (Å²) in [5.41, 5.74) is 0.476. The van der Waals surface area contributed by atoms with Crippen molar-refractivity contribution in [3.63, 3.8) is 0 Å². The van der Waals surface area contributed by atoms with Gasteiger partial charge >= 0.3 is 0 Å². The summed E-state index contributed by atoms with van der Waals surface area (Å²) in [7, 11) is 3.46. The SMILES string of the molecule is CCC1(C(=O)N(C)c2cccc(OC)c2)CCCN1. The highest BCUT2D eigenvalue weighted by atomic mass is 16.5. The molecule has 19 heavy (non-hydrogen) atoms. The molecule has 1 amide bonds. The summed E-state index contributed by atoms with van der Waals surface area (Å²) in [5.74, 6) is 0.905. The summed E-state index contributed by atoms with van der Waals surface area (Å²) >= 11 is 0. The number of carbonyl (C=O) groups excluding carboxylic acids is 1. The molecule has 1 aromatic rings. The molecule has 0 aromatic heterocycles. The summed E-state index contributed by atoms with van der Waals surface area (Å²) in [6, 6.07) is 7.60. The highest BCUT2D eigenvalue weighted by Crippen LogP contribution is 2.28. The van der Waals surface area contributed by atoms with Crippen molar-refractivity contribution in [3.05, 3.63) is 24.3 Å². The molecule has 1 unspecified atom stereocenters. The third kappa shape index (κ3) is 2.59. The summed E-state index contributed by atoms with van der Waals surface area (Å²) < 4.78 is 5.21. The van der Waals surface area contributed by atoms with Crippen LogP contribution >= 0.6 is 0 Å². The molecule has 1 fully saturated rings. The second kappa shape index (κ2) is 5.61. The number of methoxy groups -OCH3 is 1. The fourth-order valence-corrected chi connectivity index (χ4v) is 2.70. The van der Waals surface area contributed by atoms with Crippen molar-refractivity contribution in [2.75, 3.05) is 25.6 Å². The second-order valence-corrected chi connectivity index (χ2v) is 5.03. The van der Waals surface area contributed by atoms with Crippen LogP contribution in [-0.4, -0.2) is 32.1 Å². The lowest BCUT2D eigenvalue weighted by Crippen LogP contribution is -2.53. The molecule has 1 saturated heterocycles. The Labute approximate surface area is 114 Å². The average molecular weight is 262 g/mol. The monoisotopic (exact) mass is 262 g/mol. The zero-order valence-electron chi connectivity index (χ0n) is 11.9. The maximum atomic E-state index is 12.7. The Bertz CT molecular complexity index is 453. The standard InChI is InChI=1S/C15H22N2O2/c1-4-15(9-6-10-16-15)14(18)17(2)12-7-5-8-13(11-12)19-3/h5,7-8,11,16H,4,6,9-10H2,1-3H3. The summed E-state index contributed by atoms with van der Waals surface area (Å²) in [5, 5.41) is 3.38. The highest BCUT2D eigenvalue weighted by molar-refractivity contribution is 6.00. The summed E-state index contributed by atoms with van der Waals surface area (Å²) in [4.78, 5) is 14.4. The second-order valence-electron chi connectivity index (χ2n) is 5.03. The van der Waals surface area contributed by atoms with Crippen LogP contribution in [-0.2, 0) is 4.79 Å². The molecule has 104 valence electrons. The van der Waals surface area contributed by atoms with Crippen LogP contribution in [0.3, 0.4) is 0 Å². The lowest BCUT2D eigenvalue weighted by Gasteiger charge is -2.32. The van der Waals surface area contributed by atoms with Crippen molar-refractivity contribution in [3.8, 4) is 5.75 Å². The Morgan fingerprint density at radius 1 is 1.53 bits per heavy atom. The molecule has 0 saturated carbocycles. The largest absolute Gasteiger partial charge is 0.497 e. The van der Waals surface area contributed by atoms with E-state index in [0.717, 1.165) is 37.2 Å². The van der Waals surface area contributed by atoms with E-state index in [2.05, 4.69) is 12.2 Å². The smallest absolute Gasteiger partial charge is 0.247 e. The predicted octanol–water partition coefficient (Wildman–Crippen LogP) is 2.19. The van der Waals surface area contributed by atoms with Gasteiger partial charge in [-0.2, -0.15) is 0 Å². The Hall–Kier alpha value is -1.55. The number of nitrogens with one attached hydrogen (secondary N) is 1. The van der Waals surface area contributed by atoms with Gasteiger partial charge < -0.3 is 15.0 Å². The molecule has 0 spiro atoms. The average Bonchev–Trinajstić information content (AvgIpc) is 2.96. The first-order chi connectivity index (χ1) is 9.13. The van der Waals surface area contributed by atoms with E-state index in [1.165, 1.54) is 0 Å². The van der Waals surface area contributed by atoms with Crippen LogP contribution in [0.15, 0.2) is 24.3 Å². The van der Waals surface area contributed by atoms with Crippen molar-refractivity contribution in [2.24, 2.45) is 0 Å². The van der Waals surface area contributed by atoms with E-state index in [-0.39, 0.29) is 5.91 Å².